The van der Waals surface area contributed by atoms with Crippen LogP contribution in [0.2, 0.25) is 0 Å². The maximum Gasteiger partial charge on any atom is 0.289 e. The Bertz CT molecular complexity index is 825. The molecule has 0 N–H and O–H groups in total. The Morgan fingerprint density at radius 1 is 1.14 bits per heavy atom. The predicted octanol–water partition coefficient (Wildman–Crippen LogP) is 3.51. The molecule has 2 aromatic rings. The van der Waals surface area contributed by atoms with Gasteiger partial charge in [-0.15, -0.1) is 0 Å². The third-order valence-electron chi connectivity index (χ3n) is 5.88. The minimum Gasteiger partial charge on any atom is -0.459 e. The number of ether oxygens (including phenoxy) is 1. The van der Waals surface area contributed by atoms with Crippen molar-refractivity contribution < 1.29 is 18.7 Å². The zero-order valence-corrected chi connectivity index (χ0v) is 16.9. The molecule has 1 aromatic carbocycles. The smallest absolute Gasteiger partial charge is 0.289 e. The Kier molecular flexibility index (Phi) is 6.00. The first kappa shape index (κ1) is 19.7. The van der Waals surface area contributed by atoms with Crippen molar-refractivity contribution in [2.24, 2.45) is 0 Å². The molecule has 154 valence electrons. The van der Waals surface area contributed by atoms with Crippen molar-refractivity contribution in [2.45, 2.75) is 44.8 Å². The lowest BCUT2D eigenvalue weighted by molar-refractivity contribution is -0.0377. The van der Waals surface area contributed by atoms with Gasteiger partial charge in [-0.2, -0.15) is 0 Å². The van der Waals surface area contributed by atoms with E-state index in [0.29, 0.717) is 37.6 Å². The van der Waals surface area contributed by atoms with Crippen LogP contribution >= 0.6 is 0 Å². The number of carbonyl (C=O) groups excluding carboxylic acids is 2. The van der Waals surface area contributed by atoms with Gasteiger partial charge in [-0.1, -0.05) is 30.5 Å². The predicted molar refractivity (Wildman–Crippen MR) is 109 cm³/mol. The topological polar surface area (TPSA) is 63.0 Å². The minimum absolute atomic E-state index is 0.0509. The number of nitrogens with zero attached hydrogens (tertiary/aromatic N) is 2. The van der Waals surface area contributed by atoms with E-state index in [4.69, 9.17) is 9.15 Å². The number of furan rings is 1. The van der Waals surface area contributed by atoms with Gasteiger partial charge in [0.05, 0.1) is 19.0 Å². The SMILES string of the molecule is Cc1ccc(C(=O)N(C[C@@H]2CN(C(=O)c3ccco3)CCO2)C2CCCC2)cc1. The highest BCUT2D eigenvalue weighted by atomic mass is 16.5. The number of rotatable bonds is 5. The normalized spacial score (nSPS) is 20.0. The van der Waals surface area contributed by atoms with Crippen LogP contribution in [0.4, 0.5) is 0 Å². The van der Waals surface area contributed by atoms with Crippen LogP contribution in [0.1, 0.15) is 52.2 Å². The van der Waals surface area contributed by atoms with Crippen LogP contribution in [-0.2, 0) is 4.74 Å². The Balaban J connectivity index is 1.47. The molecular formula is C23H28N2O4. The fraction of sp³-hybridized carbons (Fsp3) is 0.478. The standard InChI is InChI=1S/C23H28N2O4/c1-17-8-10-18(11-9-17)22(26)25(19-5-2-3-6-19)16-20-15-24(12-14-28-20)23(27)21-7-4-13-29-21/h4,7-11,13,19-20H,2-3,5-6,12,14-16H2,1H3/t20-/m0/s1. The molecular weight excluding hydrogens is 368 g/mol. The van der Waals surface area contributed by atoms with Crippen LogP contribution in [0.15, 0.2) is 47.1 Å². The van der Waals surface area contributed by atoms with Gasteiger partial charge in [0.25, 0.3) is 11.8 Å². The third-order valence-corrected chi connectivity index (χ3v) is 5.88. The van der Waals surface area contributed by atoms with E-state index >= 15 is 0 Å². The van der Waals surface area contributed by atoms with E-state index in [2.05, 4.69) is 0 Å². The number of amides is 2. The molecule has 1 atom stereocenters. The third kappa shape index (κ3) is 4.53. The average molecular weight is 396 g/mol. The molecule has 1 aliphatic carbocycles. The summed E-state index contributed by atoms with van der Waals surface area (Å²) in [5, 5.41) is 0. The molecule has 1 aliphatic heterocycles. The Labute approximate surface area is 171 Å². The summed E-state index contributed by atoms with van der Waals surface area (Å²) in [5.74, 6) is 0.268. The first-order valence-corrected chi connectivity index (χ1v) is 10.4. The van der Waals surface area contributed by atoms with Crippen molar-refractivity contribution in [1.82, 2.24) is 9.80 Å². The van der Waals surface area contributed by atoms with E-state index in [9.17, 15) is 9.59 Å². The van der Waals surface area contributed by atoms with E-state index in [-0.39, 0.29) is 24.0 Å². The van der Waals surface area contributed by atoms with Gasteiger partial charge in [-0.25, -0.2) is 0 Å². The molecule has 4 rings (SSSR count). The largest absolute Gasteiger partial charge is 0.459 e. The van der Waals surface area contributed by atoms with Crippen molar-refractivity contribution in [3.05, 3.63) is 59.5 Å². The Hall–Kier alpha value is -2.60. The molecule has 6 heteroatoms. The summed E-state index contributed by atoms with van der Waals surface area (Å²) < 4.78 is 11.2. The number of morpholine rings is 1. The van der Waals surface area contributed by atoms with Gasteiger partial charge in [0.1, 0.15) is 0 Å². The fourth-order valence-corrected chi connectivity index (χ4v) is 4.27. The number of carbonyl (C=O) groups is 2. The van der Waals surface area contributed by atoms with E-state index in [0.717, 1.165) is 31.2 Å². The maximum atomic E-state index is 13.3. The lowest BCUT2D eigenvalue weighted by Gasteiger charge is -2.37. The highest BCUT2D eigenvalue weighted by Crippen LogP contribution is 2.26. The molecule has 2 amide bonds. The molecule has 6 nitrogen and oxygen atoms in total. The summed E-state index contributed by atoms with van der Waals surface area (Å²) in [7, 11) is 0. The average Bonchev–Trinajstić information content (AvgIpc) is 3.46. The summed E-state index contributed by atoms with van der Waals surface area (Å²) in [5.41, 5.74) is 1.85. The van der Waals surface area contributed by atoms with Crippen LogP contribution in [0.3, 0.4) is 0 Å². The van der Waals surface area contributed by atoms with Crippen molar-refractivity contribution in [3.8, 4) is 0 Å². The van der Waals surface area contributed by atoms with Crippen LogP contribution in [0.25, 0.3) is 0 Å². The number of aryl methyl sites for hydroxylation is 1. The summed E-state index contributed by atoms with van der Waals surface area (Å²) >= 11 is 0. The molecule has 29 heavy (non-hydrogen) atoms. The monoisotopic (exact) mass is 396 g/mol. The molecule has 2 fully saturated rings. The quantitative estimate of drug-likeness (QED) is 0.776. The second kappa shape index (κ2) is 8.82. The summed E-state index contributed by atoms with van der Waals surface area (Å²) in [6.45, 7) is 3.98. The van der Waals surface area contributed by atoms with E-state index in [1.165, 1.54) is 6.26 Å². The highest BCUT2D eigenvalue weighted by Gasteiger charge is 2.33. The van der Waals surface area contributed by atoms with E-state index < -0.39 is 0 Å². The number of hydrogen-bond acceptors (Lipinski definition) is 4. The lowest BCUT2D eigenvalue weighted by atomic mass is 10.1. The first-order valence-electron chi connectivity index (χ1n) is 10.4. The molecule has 0 spiro atoms. The van der Waals surface area contributed by atoms with Crippen LogP contribution in [0.5, 0.6) is 0 Å². The molecule has 1 aromatic heterocycles. The lowest BCUT2D eigenvalue weighted by Crippen LogP contribution is -2.52. The maximum absolute atomic E-state index is 13.3. The zero-order chi connectivity index (χ0) is 20.2. The van der Waals surface area contributed by atoms with Gasteiger partial charge < -0.3 is 19.0 Å². The van der Waals surface area contributed by atoms with E-state index in [1.807, 2.05) is 36.1 Å². The zero-order valence-electron chi connectivity index (χ0n) is 16.9. The molecule has 2 aliphatic rings. The van der Waals surface area contributed by atoms with Crippen molar-refractivity contribution >= 4 is 11.8 Å². The summed E-state index contributed by atoms with van der Waals surface area (Å²) in [4.78, 5) is 29.7. The van der Waals surface area contributed by atoms with Gasteiger partial charge in [0, 0.05) is 31.2 Å². The molecule has 0 bridgehead atoms. The van der Waals surface area contributed by atoms with E-state index in [1.54, 1.807) is 17.0 Å². The second-order valence-corrected chi connectivity index (χ2v) is 7.98. The Morgan fingerprint density at radius 3 is 2.59 bits per heavy atom. The Morgan fingerprint density at radius 2 is 1.90 bits per heavy atom. The summed E-state index contributed by atoms with van der Waals surface area (Å²) in [6.07, 6.45) is 5.66. The second-order valence-electron chi connectivity index (χ2n) is 7.98. The van der Waals surface area contributed by atoms with Gasteiger partial charge in [0.15, 0.2) is 5.76 Å². The number of benzene rings is 1. The fourth-order valence-electron chi connectivity index (χ4n) is 4.27. The van der Waals surface area contributed by atoms with Crippen LogP contribution in [-0.4, -0.2) is 60.0 Å². The summed E-state index contributed by atoms with van der Waals surface area (Å²) in [6, 6.07) is 11.4. The molecule has 0 radical (unpaired) electrons. The van der Waals surface area contributed by atoms with Crippen molar-refractivity contribution in [3.63, 3.8) is 0 Å². The van der Waals surface area contributed by atoms with Gasteiger partial charge >= 0.3 is 0 Å². The van der Waals surface area contributed by atoms with Crippen molar-refractivity contribution in [1.29, 1.82) is 0 Å². The first-order chi connectivity index (χ1) is 14.1. The van der Waals surface area contributed by atoms with Gasteiger partial charge in [-0.05, 0) is 44.0 Å². The van der Waals surface area contributed by atoms with Crippen LogP contribution in [0, 0.1) is 6.92 Å². The van der Waals surface area contributed by atoms with Crippen molar-refractivity contribution in [2.75, 3.05) is 26.2 Å². The molecule has 1 saturated heterocycles. The minimum atomic E-state index is -0.197. The molecule has 0 unspecified atom stereocenters. The highest BCUT2D eigenvalue weighted by molar-refractivity contribution is 5.94. The molecule has 1 saturated carbocycles. The van der Waals surface area contributed by atoms with Gasteiger partial charge in [0.2, 0.25) is 0 Å². The molecule has 2 heterocycles. The van der Waals surface area contributed by atoms with Crippen LogP contribution < -0.4 is 0 Å². The van der Waals surface area contributed by atoms with Gasteiger partial charge in [-0.3, -0.25) is 9.59 Å². The number of hydrogen-bond donors (Lipinski definition) is 0.